The second-order valence-electron chi connectivity index (χ2n) is 2.07. The molecular weight excluding hydrogens is 190 g/mol. The number of halogens is 1. The van der Waals surface area contributed by atoms with Gasteiger partial charge >= 0.3 is 5.97 Å². The maximum absolute atomic E-state index is 9.84. The van der Waals surface area contributed by atoms with E-state index in [2.05, 4.69) is 11.3 Å². The van der Waals surface area contributed by atoms with Crippen LogP contribution in [0.4, 0.5) is 0 Å². The normalized spacial score (nSPS) is 6.38. The maximum atomic E-state index is 9.84. The number of hydrogen-bond donors (Lipinski definition) is 0. The Hall–Kier alpha value is -0.540. The molecule has 0 aliphatic rings. The molecule has 4 heteroatoms. The number of carbonyl (C=O) groups is 1. The van der Waals surface area contributed by atoms with Crippen molar-refractivity contribution in [1.29, 1.82) is 0 Å². The van der Waals surface area contributed by atoms with Crippen LogP contribution in [0.5, 0.6) is 0 Å². The molecule has 0 atom stereocenters. The molecule has 0 radical (unpaired) electrons. The van der Waals surface area contributed by atoms with Gasteiger partial charge in [0, 0.05) is 6.08 Å². The Bertz CT molecular complexity index is 103. The Morgan fingerprint density at radius 2 is 1.54 bits per heavy atom. The average Bonchev–Trinajstić information content (AvgIpc) is 2.06. The van der Waals surface area contributed by atoms with Crippen LogP contribution in [-0.2, 0) is 9.53 Å². The molecule has 0 rings (SSSR count). The van der Waals surface area contributed by atoms with Crippen molar-refractivity contribution in [3.63, 3.8) is 0 Å². The third-order valence-corrected chi connectivity index (χ3v) is 0.368. The van der Waals surface area contributed by atoms with Gasteiger partial charge in [-0.25, -0.2) is 4.79 Å². The van der Waals surface area contributed by atoms with Crippen LogP contribution < -0.4 is 0 Å². The second-order valence-corrected chi connectivity index (χ2v) is 2.07. The first-order chi connectivity index (χ1) is 5.54. The summed E-state index contributed by atoms with van der Waals surface area (Å²) >= 11 is 0. The van der Waals surface area contributed by atoms with Gasteiger partial charge in [-0.1, -0.05) is 20.4 Å². The maximum Gasteiger partial charge on any atom is 0.329 e. The van der Waals surface area contributed by atoms with Crippen molar-refractivity contribution in [2.75, 3.05) is 28.3 Å². The molecule has 3 nitrogen and oxygen atoms in total. The van der Waals surface area contributed by atoms with E-state index in [1.54, 1.807) is 0 Å². The van der Waals surface area contributed by atoms with E-state index in [1.165, 1.54) is 7.11 Å². The van der Waals surface area contributed by atoms with E-state index in [4.69, 9.17) is 0 Å². The molecule has 0 spiro atoms. The minimum absolute atomic E-state index is 0. The summed E-state index contributed by atoms with van der Waals surface area (Å²) in [5, 5.41) is 0. The van der Waals surface area contributed by atoms with Crippen LogP contribution in [0.3, 0.4) is 0 Å². The third-order valence-electron chi connectivity index (χ3n) is 0.368. The Morgan fingerprint density at radius 1 is 1.31 bits per heavy atom. The molecule has 0 saturated heterocycles. The highest BCUT2D eigenvalue weighted by Gasteiger charge is 1.81. The van der Waals surface area contributed by atoms with E-state index in [9.17, 15) is 4.79 Å². The smallest absolute Gasteiger partial charge is 0.329 e. The molecule has 0 aliphatic carbocycles. The quantitative estimate of drug-likeness (QED) is 0.491. The Labute approximate surface area is 88.2 Å². The van der Waals surface area contributed by atoms with Gasteiger partial charge in [0.25, 0.3) is 0 Å². The first-order valence-electron chi connectivity index (χ1n) is 3.86. The van der Waals surface area contributed by atoms with Crippen molar-refractivity contribution in [3.05, 3.63) is 12.7 Å². The number of methoxy groups -OCH3 is 1. The lowest BCUT2D eigenvalue weighted by atomic mass is 10.7. The fourth-order valence-corrected chi connectivity index (χ4v) is 0.0833. The topological polar surface area (TPSA) is 29.5 Å². The van der Waals surface area contributed by atoms with Gasteiger partial charge in [-0.05, 0) is 21.1 Å². The summed E-state index contributed by atoms with van der Waals surface area (Å²) < 4.78 is 4.14. The number of esters is 1. The molecule has 0 aromatic heterocycles. The van der Waals surface area contributed by atoms with Gasteiger partial charge < -0.3 is 9.64 Å². The average molecular weight is 212 g/mol. The number of carbonyl (C=O) groups excluding carboxylic acids is 1. The lowest BCUT2D eigenvalue weighted by Gasteiger charge is -1.90. The molecule has 0 unspecified atom stereocenters. The fraction of sp³-hybridized carbons (Fsp3) is 0.667. The second kappa shape index (κ2) is 22.5. The van der Waals surface area contributed by atoms with Gasteiger partial charge in [0.05, 0.1) is 7.11 Å². The number of nitrogens with zero attached hydrogens (tertiary/aromatic N) is 1. The van der Waals surface area contributed by atoms with Crippen LogP contribution in [0.2, 0.25) is 0 Å². The van der Waals surface area contributed by atoms with Gasteiger partial charge in [0.1, 0.15) is 0 Å². The van der Waals surface area contributed by atoms with Crippen molar-refractivity contribution in [2.45, 2.75) is 13.8 Å². The molecule has 0 aliphatic heterocycles. The summed E-state index contributed by atoms with van der Waals surface area (Å²) in [6.07, 6.45) is 1.11. The van der Waals surface area contributed by atoms with E-state index in [-0.39, 0.29) is 12.4 Å². The van der Waals surface area contributed by atoms with Crippen LogP contribution in [-0.4, -0.2) is 39.1 Å². The zero-order chi connectivity index (χ0) is 10.6. The number of rotatable bonds is 1. The Morgan fingerprint density at radius 3 is 1.54 bits per heavy atom. The summed E-state index contributed by atoms with van der Waals surface area (Å²) in [4.78, 5) is 11.8. The van der Waals surface area contributed by atoms with Crippen LogP contribution in [0.25, 0.3) is 0 Å². The predicted octanol–water partition coefficient (Wildman–Crippen LogP) is 1.97. The highest BCUT2D eigenvalue weighted by molar-refractivity contribution is 5.85. The molecule has 0 heterocycles. The molecule has 0 N–H and O–H groups in total. The Balaban J connectivity index is -0.0000000512. The molecule has 0 fully saturated rings. The lowest BCUT2D eigenvalue weighted by Crippen LogP contribution is -1.99. The first kappa shape index (κ1) is 22.9. The van der Waals surface area contributed by atoms with E-state index in [0.29, 0.717) is 0 Å². The van der Waals surface area contributed by atoms with Gasteiger partial charge in [-0.15, -0.1) is 12.4 Å². The van der Waals surface area contributed by atoms with Crippen molar-refractivity contribution in [3.8, 4) is 0 Å². The zero-order valence-electron chi connectivity index (χ0n) is 9.46. The number of hydrogen-bond acceptors (Lipinski definition) is 3. The van der Waals surface area contributed by atoms with Crippen molar-refractivity contribution in [2.24, 2.45) is 0 Å². The number of ether oxygens (including phenoxy) is 1. The van der Waals surface area contributed by atoms with Crippen molar-refractivity contribution in [1.82, 2.24) is 4.90 Å². The summed E-state index contributed by atoms with van der Waals surface area (Å²) in [6, 6.07) is 0. The van der Waals surface area contributed by atoms with Gasteiger partial charge in [-0.2, -0.15) is 0 Å². The van der Waals surface area contributed by atoms with E-state index < -0.39 is 5.97 Å². The Kier molecular flexibility index (Phi) is 39.6. The van der Waals surface area contributed by atoms with Crippen LogP contribution in [0.15, 0.2) is 12.7 Å². The van der Waals surface area contributed by atoms with Gasteiger partial charge in [0.2, 0.25) is 0 Å². The zero-order valence-corrected chi connectivity index (χ0v) is 10.3. The van der Waals surface area contributed by atoms with Crippen LogP contribution in [0.1, 0.15) is 13.8 Å². The van der Waals surface area contributed by atoms with E-state index >= 15 is 0 Å². The first-order valence-corrected chi connectivity index (χ1v) is 3.86. The minimum Gasteiger partial charge on any atom is -0.466 e. The molecule has 0 amide bonds. The molecule has 82 valence electrons. The molecule has 0 saturated carbocycles. The monoisotopic (exact) mass is 211 g/mol. The molecule has 0 aromatic rings. The van der Waals surface area contributed by atoms with Crippen LogP contribution >= 0.6 is 12.4 Å². The summed E-state index contributed by atoms with van der Waals surface area (Å²) in [5.41, 5.74) is 0. The third kappa shape index (κ3) is 85.7. The molecule has 0 bridgehead atoms. The van der Waals surface area contributed by atoms with E-state index in [1.807, 2.05) is 39.9 Å². The molecule has 0 aromatic carbocycles. The van der Waals surface area contributed by atoms with Gasteiger partial charge in [-0.3, -0.25) is 0 Å². The molecular formula is C9H22ClNO2. The highest BCUT2D eigenvalue weighted by atomic mass is 35.5. The SMILES string of the molecule is C=CC(=O)OC.CC.CN(C)C.Cl. The predicted molar refractivity (Wildman–Crippen MR) is 60.4 cm³/mol. The van der Waals surface area contributed by atoms with Gasteiger partial charge in [0.15, 0.2) is 0 Å². The van der Waals surface area contributed by atoms with Crippen LogP contribution in [0, 0.1) is 0 Å². The largest absolute Gasteiger partial charge is 0.466 e. The highest BCUT2D eigenvalue weighted by Crippen LogP contribution is 1.67. The van der Waals surface area contributed by atoms with E-state index in [0.717, 1.165) is 6.08 Å². The minimum atomic E-state index is -0.394. The van der Waals surface area contributed by atoms with Crippen molar-refractivity contribution < 1.29 is 9.53 Å². The fourth-order valence-electron chi connectivity index (χ4n) is 0.0833. The van der Waals surface area contributed by atoms with Crippen molar-refractivity contribution >= 4 is 18.4 Å². The molecule has 13 heavy (non-hydrogen) atoms. The summed E-state index contributed by atoms with van der Waals surface area (Å²) in [7, 11) is 7.31. The summed E-state index contributed by atoms with van der Waals surface area (Å²) in [5.74, 6) is -0.394. The standard InChI is InChI=1S/C4H6O2.C3H9N.C2H6.ClH/c1-3-4(5)6-2;1-4(2)3;1-2;/h3H,1H2,2H3;1-3H3;1-2H3;1H. The summed E-state index contributed by atoms with van der Waals surface area (Å²) in [6.45, 7) is 7.16. The lowest BCUT2D eigenvalue weighted by molar-refractivity contribution is -0.134.